The highest BCUT2D eigenvalue weighted by Crippen LogP contribution is 2.16. The van der Waals surface area contributed by atoms with Crippen molar-refractivity contribution in [3.8, 4) is 0 Å². The second kappa shape index (κ2) is 4.14. The molecule has 0 bridgehead atoms. The van der Waals surface area contributed by atoms with E-state index in [4.69, 9.17) is 0 Å². The van der Waals surface area contributed by atoms with Gasteiger partial charge in [-0.05, 0) is 20.8 Å². The van der Waals surface area contributed by atoms with Gasteiger partial charge in [-0.3, -0.25) is 5.01 Å². The summed E-state index contributed by atoms with van der Waals surface area (Å²) >= 11 is 0. The van der Waals surface area contributed by atoms with Gasteiger partial charge in [0.1, 0.15) is 0 Å². The molecule has 5 heteroatoms. The smallest absolute Gasteiger partial charge is 0.152 e. The van der Waals surface area contributed by atoms with Crippen molar-refractivity contribution in [3.05, 3.63) is 0 Å². The minimum absolute atomic E-state index is 0.434. The Labute approximate surface area is 84.6 Å². The van der Waals surface area contributed by atoms with Crippen LogP contribution in [0.3, 0.4) is 0 Å². The fourth-order valence-electron chi connectivity index (χ4n) is 1.67. The molecule has 0 saturated carbocycles. The van der Waals surface area contributed by atoms with Gasteiger partial charge in [-0.25, -0.2) is 5.01 Å². The van der Waals surface area contributed by atoms with Crippen molar-refractivity contribution in [1.29, 1.82) is 0 Å². The first kappa shape index (κ1) is 11.3. The largest absolute Gasteiger partial charge is 0.529 e. The van der Waals surface area contributed by atoms with Crippen LogP contribution in [-0.4, -0.2) is 47.8 Å². The van der Waals surface area contributed by atoms with Crippen molar-refractivity contribution in [2.45, 2.75) is 26.3 Å². The summed E-state index contributed by atoms with van der Waals surface area (Å²) in [5, 5.41) is 17.3. The van der Waals surface area contributed by atoms with E-state index in [9.17, 15) is 9.90 Å². The molecule has 0 atom stereocenters. The van der Waals surface area contributed by atoms with Crippen LogP contribution in [0.1, 0.15) is 20.8 Å². The van der Waals surface area contributed by atoms with Gasteiger partial charge in [0.25, 0.3) is 0 Å². The summed E-state index contributed by atoms with van der Waals surface area (Å²) in [4.78, 5) is 11.0. The number of hydrogen-bond acceptors (Lipinski definition) is 4. The summed E-state index contributed by atoms with van der Waals surface area (Å²) < 4.78 is 0. The van der Waals surface area contributed by atoms with Crippen molar-refractivity contribution >= 4 is 6.09 Å². The van der Waals surface area contributed by atoms with Gasteiger partial charge in [0, 0.05) is 31.7 Å². The Kier molecular flexibility index (Phi) is 3.34. The topological polar surface area (TPSA) is 58.6 Å². The Morgan fingerprint density at radius 2 is 1.86 bits per heavy atom. The molecule has 0 aliphatic carbocycles. The van der Waals surface area contributed by atoms with Gasteiger partial charge >= 0.3 is 0 Å². The number of nitrogens with one attached hydrogen (secondary N) is 1. The van der Waals surface area contributed by atoms with Crippen LogP contribution in [0.25, 0.3) is 0 Å². The molecule has 0 unspecified atom stereocenters. The average Bonchev–Trinajstić information content (AvgIpc) is 2.02. The van der Waals surface area contributed by atoms with E-state index < -0.39 is 11.6 Å². The van der Waals surface area contributed by atoms with Crippen LogP contribution in [0.5, 0.6) is 0 Å². The Bertz CT molecular complexity index is 207. The maximum Gasteiger partial charge on any atom is 0.152 e. The SMILES string of the molecule is CC(C)(C)N(C(=O)[O-])N1CCNCC1. The third-order valence-electron chi connectivity index (χ3n) is 2.18. The highest BCUT2D eigenvalue weighted by Gasteiger charge is 2.28. The standard InChI is InChI=1S/C9H19N3O2/c1-9(2,3)12(8(13)14)11-6-4-10-5-7-11/h10H,4-7H2,1-3H3,(H,13,14)/p-1. The lowest BCUT2D eigenvalue weighted by Gasteiger charge is -2.46. The summed E-state index contributed by atoms with van der Waals surface area (Å²) in [5.74, 6) is 0. The highest BCUT2D eigenvalue weighted by atomic mass is 16.4. The molecule has 0 spiro atoms. The molecule has 82 valence electrons. The number of hydrazine groups is 1. The maximum absolute atomic E-state index is 11.0. The van der Waals surface area contributed by atoms with E-state index in [2.05, 4.69) is 5.32 Å². The summed E-state index contributed by atoms with van der Waals surface area (Å²) in [5.41, 5.74) is -0.434. The molecular weight excluding hydrogens is 182 g/mol. The van der Waals surface area contributed by atoms with Crippen molar-refractivity contribution in [3.63, 3.8) is 0 Å². The number of hydrogen-bond donors (Lipinski definition) is 1. The molecule has 1 amide bonds. The quantitative estimate of drug-likeness (QED) is 0.605. The summed E-state index contributed by atoms with van der Waals surface area (Å²) in [6, 6.07) is 0. The van der Waals surface area contributed by atoms with Crippen molar-refractivity contribution in [2.24, 2.45) is 0 Å². The molecule has 0 radical (unpaired) electrons. The predicted octanol–water partition coefficient (Wildman–Crippen LogP) is -0.750. The number of carboxylic acid groups (broad SMARTS) is 1. The van der Waals surface area contributed by atoms with E-state index in [1.165, 1.54) is 5.01 Å². The molecule has 0 aromatic carbocycles. The number of rotatable bonds is 1. The van der Waals surface area contributed by atoms with Gasteiger partial charge in [-0.15, -0.1) is 0 Å². The summed E-state index contributed by atoms with van der Waals surface area (Å²) in [7, 11) is 0. The molecule has 0 aromatic rings. The number of amides is 1. The number of carbonyl (C=O) groups is 1. The minimum Gasteiger partial charge on any atom is -0.529 e. The lowest BCUT2D eigenvalue weighted by Crippen LogP contribution is -2.63. The first-order valence-corrected chi connectivity index (χ1v) is 4.90. The van der Waals surface area contributed by atoms with E-state index in [0.717, 1.165) is 13.1 Å². The van der Waals surface area contributed by atoms with Crippen LogP contribution in [0.4, 0.5) is 4.79 Å². The Morgan fingerprint density at radius 1 is 1.36 bits per heavy atom. The molecule has 5 nitrogen and oxygen atoms in total. The number of carbonyl (C=O) groups excluding carboxylic acids is 1. The van der Waals surface area contributed by atoms with Crippen LogP contribution in [0.2, 0.25) is 0 Å². The number of piperazine rings is 1. The third-order valence-corrected chi connectivity index (χ3v) is 2.18. The summed E-state index contributed by atoms with van der Waals surface area (Å²) in [6.45, 7) is 8.66. The monoisotopic (exact) mass is 200 g/mol. The zero-order valence-electron chi connectivity index (χ0n) is 9.04. The van der Waals surface area contributed by atoms with Crippen LogP contribution < -0.4 is 10.4 Å². The van der Waals surface area contributed by atoms with Crippen LogP contribution in [-0.2, 0) is 0 Å². The Hall–Kier alpha value is -0.810. The lowest BCUT2D eigenvalue weighted by molar-refractivity contribution is -0.290. The van der Waals surface area contributed by atoms with Gasteiger partial charge < -0.3 is 15.2 Å². The second-order valence-corrected chi connectivity index (χ2v) is 4.45. The van der Waals surface area contributed by atoms with Crippen molar-refractivity contribution < 1.29 is 9.90 Å². The molecule has 1 N–H and O–H groups in total. The van der Waals surface area contributed by atoms with Crippen LogP contribution in [0.15, 0.2) is 0 Å². The molecule has 1 saturated heterocycles. The van der Waals surface area contributed by atoms with E-state index in [0.29, 0.717) is 13.1 Å². The summed E-state index contributed by atoms with van der Waals surface area (Å²) in [6.07, 6.45) is -1.13. The molecule has 1 aliphatic heterocycles. The minimum atomic E-state index is -1.13. The van der Waals surface area contributed by atoms with E-state index in [1.54, 1.807) is 0 Å². The van der Waals surface area contributed by atoms with Gasteiger partial charge in [0.15, 0.2) is 6.09 Å². The molecule has 1 aliphatic rings. The predicted molar refractivity (Wildman–Crippen MR) is 51.4 cm³/mol. The molecule has 14 heavy (non-hydrogen) atoms. The molecule has 1 heterocycles. The first-order valence-electron chi connectivity index (χ1n) is 4.90. The highest BCUT2D eigenvalue weighted by molar-refractivity contribution is 5.62. The van der Waals surface area contributed by atoms with Crippen LogP contribution >= 0.6 is 0 Å². The third kappa shape index (κ3) is 2.59. The van der Waals surface area contributed by atoms with E-state index in [1.807, 2.05) is 25.8 Å². The molecule has 1 fully saturated rings. The fourth-order valence-corrected chi connectivity index (χ4v) is 1.67. The number of nitrogens with zero attached hydrogens (tertiary/aromatic N) is 2. The van der Waals surface area contributed by atoms with Gasteiger partial charge in [-0.2, -0.15) is 0 Å². The van der Waals surface area contributed by atoms with Gasteiger partial charge in [-0.1, -0.05) is 0 Å². The van der Waals surface area contributed by atoms with Crippen LogP contribution in [0, 0.1) is 0 Å². The van der Waals surface area contributed by atoms with Crippen molar-refractivity contribution in [2.75, 3.05) is 26.2 Å². The van der Waals surface area contributed by atoms with Gasteiger partial charge in [0.05, 0.1) is 0 Å². The Balaban J connectivity index is 2.71. The van der Waals surface area contributed by atoms with E-state index in [-0.39, 0.29) is 0 Å². The maximum atomic E-state index is 11.0. The zero-order valence-corrected chi connectivity index (χ0v) is 9.04. The van der Waals surface area contributed by atoms with Gasteiger partial charge in [0.2, 0.25) is 0 Å². The molecular formula is C9H18N3O2-. The lowest BCUT2D eigenvalue weighted by atomic mass is 10.1. The Morgan fingerprint density at radius 3 is 2.21 bits per heavy atom. The average molecular weight is 200 g/mol. The molecule has 0 aromatic heterocycles. The van der Waals surface area contributed by atoms with Crippen molar-refractivity contribution in [1.82, 2.24) is 15.3 Å². The second-order valence-electron chi connectivity index (χ2n) is 4.45. The zero-order chi connectivity index (χ0) is 10.8. The normalized spacial score (nSPS) is 19.4. The fraction of sp³-hybridized carbons (Fsp3) is 0.889. The molecule has 1 rings (SSSR count). The van der Waals surface area contributed by atoms with E-state index >= 15 is 0 Å². The first-order chi connectivity index (χ1) is 6.43.